The topological polar surface area (TPSA) is 45.7 Å². The molecule has 1 fully saturated rings. The average Bonchev–Trinajstić information content (AvgIpc) is 3.23. The minimum atomic E-state index is 0. The number of guanidine groups is 1. The van der Waals surface area contributed by atoms with Crippen LogP contribution in [0.15, 0.2) is 21.8 Å². The molecule has 1 aromatic rings. The van der Waals surface area contributed by atoms with Crippen molar-refractivity contribution in [3.8, 4) is 0 Å². The van der Waals surface area contributed by atoms with Crippen LogP contribution < -0.4 is 10.6 Å². The molecule has 138 valence electrons. The van der Waals surface area contributed by atoms with Crippen molar-refractivity contribution in [3.05, 3.63) is 22.4 Å². The fraction of sp³-hybridized carbons (Fsp3) is 0.722. The summed E-state index contributed by atoms with van der Waals surface area (Å²) in [5.41, 5.74) is 1.75. The van der Waals surface area contributed by atoms with Gasteiger partial charge in [0.2, 0.25) is 0 Å². The number of aliphatic imine (C=N–C) groups is 1. The van der Waals surface area contributed by atoms with Gasteiger partial charge in [0.15, 0.2) is 5.96 Å². The molecule has 1 saturated carbocycles. The summed E-state index contributed by atoms with van der Waals surface area (Å²) in [5, 5.41) is 11.2. The largest absolute Gasteiger partial charge is 0.385 e. The molecule has 1 aliphatic carbocycles. The van der Waals surface area contributed by atoms with Crippen LogP contribution in [0.2, 0.25) is 0 Å². The van der Waals surface area contributed by atoms with E-state index in [1.54, 1.807) is 18.4 Å². The summed E-state index contributed by atoms with van der Waals surface area (Å²) < 4.78 is 5.31. The summed E-state index contributed by atoms with van der Waals surface area (Å²) in [6, 6.07) is 2.19. The minimum Gasteiger partial charge on any atom is -0.385 e. The van der Waals surface area contributed by atoms with Crippen molar-refractivity contribution in [2.45, 2.75) is 45.4 Å². The zero-order chi connectivity index (χ0) is 16.4. The van der Waals surface area contributed by atoms with Gasteiger partial charge in [0.1, 0.15) is 0 Å². The molecule has 0 aromatic carbocycles. The maximum Gasteiger partial charge on any atom is 0.191 e. The van der Waals surface area contributed by atoms with Crippen LogP contribution in [0.3, 0.4) is 0 Å². The first-order chi connectivity index (χ1) is 11.3. The summed E-state index contributed by atoms with van der Waals surface area (Å²) >= 11 is 1.76. The van der Waals surface area contributed by atoms with Crippen molar-refractivity contribution in [1.29, 1.82) is 0 Å². The summed E-state index contributed by atoms with van der Waals surface area (Å²) in [5.74, 6) is 0.950. The van der Waals surface area contributed by atoms with E-state index in [2.05, 4.69) is 34.4 Å². The number of hydrogen-bond donors (Lipinski definition) is 2. The third kappa shape index (κ3) is 7.27. The molecule has 0 amide bonds. The van der Waals surface area contributed by atoms with Gasteiger partial charge < -0.3 is 15.4 Å². The van der Waals surface area contributed by atoms with E-state index in [0.29, 0.717) is 5.41 Å². The van der Waals surface area contributed by atoms with E-state index < -0.39 is 0 Å². The normalized spacial score (nSPS) is 16.7. The zero-order valence-corrected chi connectivity index (χ0v) is 18.1. The quantitative estimate of drug-likeness (QED) is 0.329. The van der Waals surface area contributed by atoms with E-state index >= 15 is 0 Å². The molecule has 0 unspecified atom stereocenters. The second kappa shape index (κ2) is 12.1. The first-order valence-electron chi connectivity index (χ1n) is 8.80. The minimum absolute atomic E-state index is 0. The van der Waals surface area contributed by atoms with Crippen LogP contribution in [-0.4, -0.2) is 39.3 Å². The number of methoxy groups -OCH3 is 1. The molecular weight excluding hydrogens is 433 g/mol. The van der Waals surface area contributed by atoms with Gasteiger partial charge in [0.25, 0.3) is 0 Å². The molecular formula is C18H32IN3OS. The molecule has 0 aliphatic heterocycles. The van der Waals surface area contributed by atoms with Gasteiger partial charge in [-0.25, -0.2) is 0 Å². The predicted molar refractivity (Wildman–Crippen MR) is 115 cm³/mol. The van der Waals surface area contributed by atoms with E-state index in [0.717, 1.165) is 45.0 Å². The fourth-order valence-electron chi connectivity index (χ4n) is 3.28. The van der Waals surface area contributed by atoms with Gasteiger partial charge in [-0.2, -0.15) is 11.3 Å². The first-order valence-corrected chi connectivity index (χ1v) is 9.74. The maximum absolute atomic E-state index is 5.31. The van der Waals surface area contributed by atoms with Crippen molar-refractivity contribution < 1.29 is 4.74 Å². The second-order valence-electron chi connectivity index (χ2n) is 6.45. The van der Waals surface area contributed by atoms with Crippen LogP contribution >= 0.6 is 35.3 Å². The number of halogens is 1. The molecule has 1 heterocycles. The fourth-order valence-corrected chi connectivity index (χ4v) is 3.98. The Hall–Kier alpha value is -0.340. The molecule has 0 atom stereocenters. The van der Waals surface area contributed by atoms with Crippen LogP contribution in [0.1, 0.15) is 44.6 Å². The Labute approximate surface area is 167 Å². The Bertz CT molecular complexity index is 459. The Morgan fingerprint density at radius 1 is 1.33 bits per heavy atom. The van der Waals surface area contributed by atoms with Gasteiger partial charge in [-0.05, 0) is 60.4 Å². The zero-order valence-electron chi connectivity index (χ0n) is 15.0. The summed E-state index contributed by atoms with van der Waals surface area (Å²) in [7, 11) is 1.79. The lowest BCUT2D eigenvalue weighted by Crippen LogP contribution is -2.39. The summed E-state index contributed by atoms with van der Waals surface area (Å²) in [6.45, 7) is 5.69. The molecule has 0 bridgehead atoms. The van der Waals surface area contributed by atoms with E-state index in [1.165, 1.54) is 31.2 Å². The van der Waals surface area contributed by atoms with Crippen molar-refractivity contribution >= 4 is 41.3 Å². The number of nitrogens with zero attached hydrogens (tertiary/aromatic N) is 1. The lowest BCUT2D eigenvalue weighted by molar-refractivity contribution is 0.141. The monoisotopic (exact) mass is 465 g/mol. The highest BCUT2D eigenvalue weighted by Crippen LogP contribution is 2.41. The van der Waals surface area contributed by atoms with Gasteiger partial charge in [0, 0.05) is 33.4 Å². The summed E-state index contributed by atoms with van der Waals surface area (Å²) in [4.78, 5) is 4.88. The number of ether oxygens (including phenoxy) is 1. The number of nitrogens with one attached hydrogen (secondary N) is 2. The van der Waals surface area contributed by atoms with Crippen LogP contribution in [0.25, 0.3) is 0 Å². The molecule has 24 heavy (non-hydrogen) atoms. The lowest BCUT2D eigenvalue weighted by atomic mass is 9.83. The van der Waals surface area contributed by atoms with Crippen molar-refractivity contribution in [3.63, 3.8) is 0 Å². The molecule has 1 aromatic heterocycles. The first kappa shape index (κ1) is 21.7. The van der Waals surface area contributed by atoms with Crippen LogP contribution in [0, 0.1) is 5.41 Å². The number of rotatable bonds is 9. The van der Waals surface area contributed by atoms with Gasteiger partial charge in [0.05, 0.1) is 0 Å². The highest BCUT2D eigenvalue weighted by Gasteiger charge is 2.33. The molecule has 0 radical (unpaired) electrons. The van der Waals surface area contributed by atoms with Gasteiger partial charge in [-0.15, -0.1) is 24.0 Å². The highest BCUT2D eigenvalue weighted by molar-refractivity contribution is 14.0. The van der Waals surface area contributed by atoms with E-state index in [1.807, 2.05) is 0 Å². The molecule has 6 heteroatoms. The highest BCUT2D eigenvalue weighted by atomic mass is 127. The van der Waals surface area contributed by atoms with Crippen molar-refractivity contribution in [1.82, 2.24) is 10.6 Å². The number of thiophene rings is 1. The Morgan fingerprint density at radius 3 is 2.75 bits per heavy atom. The molecule has 0 saturated heterocycles. The van der Waals surface area contributed by atoms with Crippen LogP contribution in [0.4, 0.5) is 0 Å². The van der Waals surface area contributed by atoms with E-state index in [4.69, 9.17) is 9.73 Å². The van der Waals surface area contributed by atoms with E-state index in [9.17, 15) is 0 Å². The average molecular weight is 465 g/mol. The predicted octanol–water partition coefficient (Wildman–Crippen LogP) is 4.06. The van der Waals surface area contributed by atoms with Crippen LogP contribution in [0.5, 0.6) is 0 Å². The smallest absolute Gasteiger partial charge is 0.191 e. The standard InChI is InChI=1S/C18H31N3OS.HI/c1-3-19-17(20-11-6-16-7-13-23-14-16)21-15-18(10-12-22-2)8-4-5-9-18;/h7,13-14H,3-6,8-12,15H2,1-2H3,(H2,19,20,21);1H. The SMILES string of the molecule is CCNC(=NCC1(CCOC)CCCC1)NCCc1ccsc1.I. The van der Waals surface area contributed by atoms with Gasteiger partial charge in [-0.3, -0.25) is 4.99 Å². The van der Waals surface area contributed by atoms with E-state index in [-0.39, 0.29) is 24.0 Å². The third-order valence-corrected chi connectivity index (χ3v) is 5.44. The second-order valence-corrected chi connectivity index (χ2v) is 7.23. The third-order valence-electron chi connectivity index (χ3n) is 4.70. The molecule has 4 nitrogen and oxygen atoms in total. The Balaban J connectivity index is 0.00000288. The molecule has 2 rings (SSSR count). The lowest BCUT2D eigenvalue weighted by Gasteiger charge is -2.27. The number of hydrogen-bond acceptors (Lipinski definition) is 3. The van der Waals surface area contributed by atoms with Crippen LogP contribution in [-0.2, 0) is 11.2 Å². The van der Waals surface area contributed by atoms with Gasteiger partial charge >= 0.3 is 0 Å². The summed E-state index contributed by atoms with van der Waals surface area (Å²) in [6.07, 6.45) is 7.41. The molecule has 2 N–H and O–H groups in total. The Morgan fingerprint density at radius 2 is 2.12 bits per heavy atom. The molecule has 0 spiro atoms. The maximum atomic E-state index is 5.31. The van der Waals surface area contributed by atoms with Crippen molar-refractivity contribution in [2.24, 2.45) is 10.4 Å². The van der Waals surface area contributed by atoms with Crippen molar-refractivity contribution in [2.75, 3.05) is 33.4 Å². The Kier molecular flexibility index (Phi) is 10.9. The van der Waals surface area contributed by atoms with Gasteiger partial charge in [-0.1, -0.05) is 12.8 Å². The molecule has 1 aliphatic rings.